The van der Waals surface area contributed by atoms with Gasteiger partial charge in [0.05, 0.1) is 26.0 Å². The minimum Gasteiger partial charge on any atom is -0.459 e. The van der Waals surface area contributed by atoms with Crippen molar-refractivity contribution < 1.29 is 13.9 Å². The predicted molar refractivity (Wildman–Crippen MR) is 124 cm³/mol. The lowest BCUT2D eigenvalue weighted by atomic mass is 10.1. The van der Waals surface area contributed by atoms with Crippen molar-refractivity contribution in [1.82, 2.24) is 20.0 Å². The number of ether oxygens (including phenoxy) is 1. The fraction of sp³-hybridized carbons (Fsp3) is 0.500. The van der Waals surface area contributed by atoms with Crippen LogP contribution in [0.4, 0.5) is 0 Å². The molecule has 8 nitrogen and oxygen atoms in total. The zero-order chi connectivity index (χ0) is 22.2. The van der Waals surface area contributed by atoms with Gasteiger partial charge >= 0.3 is 0 Å². The van der Waals surface area contributed by atoms with Crippen LogP contribution in [-0.4, -0.2) is 85.6 Å². The molecule has 32 heavy (non-hydrogen) atoms. The molecule has 2 aliphatic heterocycles. The van der Waals surface area contributed by atoms with Crippen molar-refractivity contribution in [3.63, 3.8) is 0 Å². The van der Waals surface area contributed by atoms with Gasteiger partial charge in [-0.15, -0.1) is 0 Å². The summed E-state index contributed by atoms with van der Waals surface area (Å²) in [4.78, 5) is 23.8. The van der Waals surface area contributed by atoms with Crippen LogP contribution in [0.25, 0.3) is 0 Å². The van der Waals surface area contributed by atoms with Crippen LogP contribution in [0.2, 0.25) is 0 Å². The molecule has 1 N–H and O–H groups in total. The van der Waals surface area contributed by atoms with E-state index in [0.29, 0.717) is 25.4 Å². The number of hydrogen-bond donors (Lipinski definition) is 1. The van der Waals surface area contributed by atoms with Crippen LogP contribution in [0.5, 0.6) is 0 Å². The number of carbonyl (C=O) groups is 1. The van der Waals surface area contributed by atoms with Crippen LogP contribution >= 0.6 is 0 Å². The molecule has 8 heteroatoms. The lowest BCUT2D eigenvalue weighted by Gasteiger charge is -2.36. The quantitative estimate of drug-likeness (QED) is 0.549. The maximum atomic E-state index is 12.5. The van der Waals surface area contributed by atoms with Crippen molar-refractivity contribution >= 4 is 11.9 Å². The van der Waals surface area contributed by atoms with Gasteiger partial charge in [0.25, 0.3) is 5.91 Å². The number of hydrogen-bond acceptors (Lipinski definition) is 5. The Kier molecular flexibility index (Phi) is 7.79. The van der Waals surface area contributed by atoms with E-state index in [2.05, 4.69) is 46.3 Å². The van der Waals surface area contributed by atoms with Crippen LogP contribution in [0.3, 0.4) is 0 Å². The number of piperazine rings is 1. The lowest BCUT2D eigenvalue weighted by molar-refractivity contribution is 0.0342. The van der Waals surface area contributed by atoms with E-state index in [1.54, 1.807) is 12.1 Å². The topological polar surface area (TPSA) is 73.6 Å². The number of nitrogens with one attached hydrogen (secondary N) is 1. The summed E-state index contributed by atoms with van der Waals surface area (Å²) in [6.45, 7) is 10.9. The second-order valence-electron chi connectivity index (χ2n) is 8.13. The molecule has 0 saturated carbocycles. The van der Waals surface area contributed by atoms with Gasteiger partial charge in [0.15, 0.2) is 11.7 Å². The smallest absolute Gasteiger partial charge is 0.289 e. The maximum absolute atomic E-state index is 12.5. The first kappa shape index (κ1) is 22.4. The first-order valence-corrected chi connectivity index (χ1v) is 11.5. The van der Waals surface area contributed by atoms with Crippen molar-refractivity contribution in [2.75, 3.05) is 59.0 Å². The van der Waals surface area contributed by atoms with Gasteiger partial charge in [-0.1, -0.05) is 24.3 Å². The lowest BCUT2D eigenvalue weighted by Crippen LogP contribution is -2.53. The summed E-state index contributed by atoms with van der Waals surface area (Å²) in [7, 11) is 0. The molecule has 2 fully saturated rings. The maximum Gasteiger partial charge on any atom is 0.289 e. The van der Waals surface area contributed by atoms with Crippen molar-refractivity contribution in [2.24, 2.45) is 4.99 Å². The molecule has 2 aromatic rings. The predicted octanol–water partition coefficient (Wildman–Crippen LogP) is 2.04. The highest BCUT2D eigenvalue weighted by atomic mass is 16.5. The Bertz CT molecular complexity index is 868. The van der Waals surface area contributed by atoms with E-state index in [1.165, 1.54) is 17.4 Å². The highest BCUT2D eigenvalue weighted by Crippen LogP contribution is 2.12. The minimum atomic E-state index is -0.0474. The number of carbonyl (C=O) groups excluding carboxylic acids is 1. The van der Waals surface area contributed by atoms with E-state index >= 15 is 0 Å². The number of amides is 1. The molecule has 2 saturated heterocycles. The third-order valence-corrected chi connectivity index (χ3v) is 5.88. The standard InChI is InChI=1S/C24H33N5O3/c1-2-25-24(29-11-9-28(10-12-29)23(30)22-4-3-15-32-22)26-18-20-5-7-21(8-6-20)19-27-13-16-31-17-14-27/h3-8,15H,2,9-14,16-19H2,1H3,(H,25,26). The zero-order valence-corrected chi connectivity index (χ0v) is 18.8. The number of morpholine rings is 1. The summed E-state index contributed by atoms with van der Waals surface area (Å²) < 4.78 is 10.7. The summed E-state index contributed by atoms with van der Waals surface area (Å²) in [6, 6.07) is 12.2. The summed E-state index contributed by atoms with van der Waals surface area (Å²) in [5.41, 5.74) is 2.52. The molecule has 0 aliphatic carbocycles. The molecule has 172 valence electrons. The molecule has 0 radical (unpaired) electrons. The van der Waals surface area contributed by atoms with E-state index in [9.17, 15) is 4.79 Å². The summed E-state index contributed by atoms with van der Waals surface area (Å²) in [6.07, 6.45) is 1.54. The van der Waals surface area contributed by atoms with Crippen LogP contribution in [-0.2, 0) is 17.8 Å². The number of rotatable bonds is 6. The molecular formula is C24H33N5O3. The van der Waals surface area contributed by atoms with Gasteiger partial charge < -0.3 is 24.3 Å². The molecule has 3 heterocycles. The molecule has 1 amide bonds. The first-order valence-electron chi connectivity index (χ1n) is 11.5. The Hall–Kier alpha value is -2.84. The van der Waals surface area contributed by atoms with Gasteiger partial charge in [-0.3, -0.25) is 9.69 Å². The highest BCUT2D eigenvalue weighted by molar-refractivity contribution is 5.91. The van der Waals surface area contributed by atoms with Gasteiger partial charge in [0.2, 0.25) is 0 Å². The number of nitrogens with zero attached hydrogens (tertiary/aromatic N) is 4. The molecule has 0 bridgehead atoms. The van der Waals surface area contributed by atoms with E-state index in [4.69, 9.17) is 14.1 Å². The van der Waals surface area contributed by atoms with E-state index in [0.717, 1.165) is 58.4 Å². The second-order valence-corrected chi connectivity index (χ2v) is 8.13. The van der Waals surface area contributed by atoms with Crippen LogP contribution < -0.4 is 5.32 Å². The Morgan fingerprint density at radius 2 is 1.66 bits per heavy atom. The molecule has 4 rings (SSSR count). The molecule has 1 aromatic heterocycles. The monoisotopic (exact) mass is 439 g/mol. The molecule has 0 spiro atoms. The molecular weight excluding hydrogens is 406 g/mol. The van der Waals surface area contributed by atoms with Crippen LogP contribution in [0.1, 0.15) is 28.6 Å². The largest absolute Gasteiger partial charge is 0.459 e. The third kappa shape index (κ3) is 5.89. The van der Waals surface area contributed by atoms with Gasteiger partial charge in [-0.25, -0.2) is 4.99 Å². The Labute approximate surface area is 189 Å². The van der Waals surface area contributed by atoms with Crippen molar-refractivity contribution in [3.05, 3.63) is 59.5 Å². The van der Waals surface area contributed by atoms with Gasteiger partial charge in [0.1, 0.15) is 0 Å². The van der Waals surface area contributed by atoms with Crippen molar-refractivity contribution in [3.8, 4) is 0 Å². The number of furan rings is 1. The Balaban J connectivity index is 1.30. The minimum absolute atomic E-state index is 0.0474. The fourth-order valence-electron chi connectivity index (χ4n) is 4.04. The van der Waals surface area contributed by atoms with Crippen molar-refractivity contribution in [2.45, 2.75) is 20.0 Å². The molecule has 2 aliphatic rings. The Morgan fingerprint density at radius 3 is 2.31 bits per heavy atom. The number of aliphatic imine (C=N–C) groups is 1. The average Bonchev–Trinajstić information content (AvgIpc) is 3.38. The van der Waals surface area contributed by atoms with Gasteiger partial charge in [-0.05, 0) is 30.2 Å². The molecule has 0 unspecified atom stereocenters. The van der Waals surface area contributed by atoms with E-state index in [1.807, 2.05) is 4.90 Å². The first-order chi connectivity index (χ1) is 15.7. The van der Waals surface area contributed by atoms with E-state index in [-0.39, 0.29) is 5.91 Å². The summed E-state index contributed by atoms with van der Waals surface area (Å²) in [5, 5.41) is 3.40. The molecule has 0 atom stereocenters. The molecule has 1 aromatic carbocycles. The normalized spacial score (nSPS) is 18.1. The summed E-state index contributed by atoms with van der Waals surface area (Å²) in [5.74, 6) is 1.25. The summed E-state index contributed by atoms with van der Waals surface area (Å²) >= 11 is 0. The Morgan fingerprint density at radius 1 is 0.969 bits per heavy atom. The number of guanidine groups is 1. The second kappa shape index (κ2) is 11.2. The van der Waals surface area contributed by atoms with Gasteiger partial charge in [0, 0.05) is 52.4 Å². The highest BCUT2D eigenvalue weighted by Gasteiger charge is 2.25. The van der Waals surface area contributed by atoms with Crippen LogP contribution in [0.15, 0.2) is 52.1 Å². The number of benzene rings is 1. The van der Waals surface area contributed by atoms with Gasteiger partial charge in [-0.2, -0.15) is 0 Å². The average molecular weight is 440 g/mol. The zero-order valence-electron chi connectivity index (χ0n) is 18.8. The SMILES string of the molecule is CCNC(=NCc1ccc(CN2CCOCC2)cc1)N1CCN(C(=O)c2ccco2)CC1. The fourth-order valence-corrected chi connectivity index (χ4v) is 4.04. The van der Waals surface area contributed by atoms with E-state index < -0.39 is 0 Å². The van der Waals surface area contributed by atoms with Crippen molar-refractivity contribution in [1.29, 1.82) is 0 Å². The third-order valence-electron chi connectivity index (χ3n) is 5.88. The van der Waals surface area contributed by atoms with Crippen LogP contribution in [0, 0.1) is 0 Å².